The molecule has 1 aliphatic heterocycles. The number of amides is 2. The van der Waals surface area contributed by atoms with Crippen LogP contribution in [0, 0.1) is 5.41 Å². The van der Waals surface area contributed by atoms with Gasteiger partial charge < -0.3 is 25.7 Å². The molecular weight excluding hydrogens is 482 g/mol. The molecule has 0 radical (unpaired) electrons. The lowest BCUT2D eigenvalue weighted by Crippen LogP contribution is -2.59. The van der Waals surface area contributed by atoms with E-state index in [9.17, 15) is 14.4 Å². The Morgan fingerprint density at radius 3 is 2.68 bits per heavy atom. The summed E-state index contributed by atoms with van der Waals surface area (Å²) in [5.41, 5.74) is 6.62. The van der Waals surface area contributed by atoms with Gasteiger partial charge in [0.2, 0.25) is 11.8 Å². The number of para-hydroxylation sites is 1. The summed E-state index contributed by atoms with van der Waals surface area (Å²) in [7, 11) is 0. The standard InChI is InChI=1S/C29H37N5O4/c1-4-38-27(37)29(17-21-10-7-8-14-31-21)13-9-15-34(19-29)25(35)24(33-26(36)28(2,3)30)16-20-18-32-23-12-6-5-11-22(20)23/h5-8,10-12,14,18,24,32H,4,9,13,15-17,19,30H2,1-3H3,(H,33,36)/t24-,29+/m1/s1. The van der Waals surface area contributed by atoms with Crippen LogP contribution in [0.15, 0.2) is 54.9 Å². The number of hydrogen-bond donors (Lipinski definition) is 3. The molecular formula is C29H37N5O4. The summed E-state index contributed by atoms with van der Waals surface area (Å²) in [5, 5.41) is 3.88. The first-order chi connectivity index (χ1) is 18.1. The Balaban J connectivity index is 1.63. The number of hydrogen-bond acceptors (Lipinski definition) is 6. The highest BCUT2D eigenvalue weighted by Gasteiger charge is 2.46. The maximum absolute atomic E-state index is 14.0. The second-order valence-electron chi connectivity index (χ2n) is 10.7. The van der Waals surface area contributed by atoms with Crippen molar-refractivity contribution in [3.05, 3.63) is 66.1 Å². The zero-order valence-electron chi connectivity index (χ0n) is 22.3. The van der Waals surface area contributed by atoms with Gasteiger partial charge >= 0.3 is 5.97 Å². The molecule has 1 fully saturated rings. The molecule has 9 nitrogen and oxygen atoms in total. The highest BCUT2D eigenvalue weighted by atomic mass is 16.5. The van der Waals surface area contributed by atoms with Crippen molar-refractivity contribution >= 4 is 28.7 Å². The van der Waals surface area contributed by atoms with E-state index in [2.05, 4.69) is 15.3 Å². The van der Waals surface area contributed by atoms with E-state index in [-0.39, 0.29) is 31.4 Å². The van der Waals surface area contributed by atoms with Crippen LogP contribution >= 0.6 is 0 Å². The van der Waals surface area contributed by atoms with Crippen molar-refractivity contribution in [2.75, 3.05) is 19.7 Å². The molecule has 0 saturated carbocycles. The molecule has 1 aromatic carbocycles. The van der Waals surface area contributed by atoms with E-state index in [4.69, 9.17) is 10.5 Å². The summed E-state index contributed by atoms with van der Waals surface area (Å²) in [4.78, 5) is 49.6. The van der Waals surface area contributed by atoms with E-state index in [1.807, 2.05) is 48.7 Å². The van der Waals surface area contributed by atoms with Gasteiger partial charge in [0.15, 0.2) is 0 Å². The lowest BCUT2D eigenvalue weighted by atomic mass is 9.75. The first-order valence-corrected chi connectivity index (χ1v) is 13.1. The highest BCUT2D eigenvalue weighted by Crippen LogP contribution is 2.35. The van der Waals surface area contributed by atoms with Crippen LogP contribution in [0.4, 0.5) is 0 Å². The lowest BCUT2D eigenvalue weighted by Gasteiger charge is -2.42. The van der Waals surface area contributed by atoms with Gasteiger partial charge in [-0.1, -0.05) is 24.3 Å². The van der Waals surface area contributed by atoms with Gasteiger partial charge in [0.05, 0.1) is 17.6 Å². The number of nitrogens with two attached hydrogens (primary N) is 1. The van der Waals surface area contributed by atoms with Gasteiger partial charge in [-0.2, -0.15) is 0 Å². The van der Waals surface area contributed by atoms with Gasteiger partial charge in [0.25, 0.3) is 0 Å². The average Bonchev–Trinajstić information content (AvgIpc) is 3.31. The molecule has 1 saturated heterocycles. The fraction of sp³-hybridized carbons (Fsp3) is 0.448. The number of rotatable bonds is 9. The molecule has 3 heterocycles. The second-order valence-corrected chi connectivity index (χ2v) is 10.7. The van der Waals surface area contributed by atoms with Crippen molar-refractivity contribution in [2.24, 2.45) is 11.1 Å². The maximum atomic E-state index is 14.0. The number of aromatic amines is 1. The normalized spacial score (nSPS) is 18.7. The second kappa shape index (κ2) is 11.3. The largest absolute Gasteiger partial charge is 0.466 e. The van der Waals surface area contributed by atoms with Crippen LogP contribution in [-0.4, -0.2) is 63.9 Å². The van der Waals surface area contributed by atoms with Gasteiger partial charge in [-0.15, -0.1) is 0 Å². The molecule has 2 atom stereocenters. The average molecular weight is 520 g/mol. The van der Waals surface area contributed by atoms with Crippen LogP contribution in [0.3, 0.4) is 0 Å². The van der Waals surface area contributed by atoms with Gasteiger partial charge in [-0.25, -0.2) is 0 Å². The minimum Gasteiger partial charge on any atom is -0.466 e. The smallest absolute Gasteiger partial charge is 0.314 e. The molecule has 4 rings (SSSR count). The number of ether oxygens (including phenoxy) is 1. The Kier molecular flexibility index (Phi) is 8.16. The Bertz CT molecular complexity index is 1280. The fourth-order valence-corrected chi connectivity index (χ4v) is 5.12. The number of carbonyl (C=O) groups is 3. The summed E-state index contributed by atoms with van der Waals surface area (Å²) < 4.78 is 5.49. The van der Waals surface area contributed by atoms with Crippen LogP contribution in [0.2, 0.25) is 0 Å². The summed E-state index contributed by atoms with van der Waals surface area (Å²) in [6, 6.07) is 12.6. The van der Waals surface area contributed by atoms with Gasteiger partial charge in [-0.3, -0.25) is 19.4 Å². The Morgan fingerprint density at radius 2 is 1.97 bits per heavy atom. The van der Waals surface area contributed by atoms with E-state index in [0.717, 1.165) is 22.2 Å². The van der Waals surface area contributed by atoms with Crippen molar-refractivity contribution in [2.45, 2.75) is 58.0 Å². The first-order valence-electron chi connectivity index (χ1n) is 13.1. The third-order valence-electron chi connectivity index (χ3n) is 7.13. The molecule has 202 valence electrons. The molecule has 38 heavy (non-hydrogen) atoms. The lowest BCUT2D eigenvalue weighted by molar-refractivity contribution is -0.161. The molecule has 0 aliphatic carbocycles. The van der Waals surface area contributed by atoms with Crippen LogP contribution < -0.4 is 11.1 Å². The zero-order chi connectivity index (χ0) is 27.3. The molecule has 0 spiro atoms. The Labute approximate surface area is 223 Å². The molecule has 0 bridgehead atoms. The molecule has 1 aliphatic rings. The summed E-state index contributed by atoms with van der Waals surface area (Å²) in [6.07, 6.45) is 5.43. The van der Waals surface area contributed by atoms with E-state index in [1.165, 1.54) is 0 Å². The minimum absolute atomic E-state index is 0.188. The van der Waals surface area contributed by atoms with E-state index in [1.54, 1.807) is 31.9 Å². The topological polar surface area (TPSA) is 130 Å². The summed E-state index contributed by atoms with van der Waals surface area (Å²) in [6.45, 7) is 5.91. The SMILES string of the molecule is CCOC(=O)[C@]1(Cc2ccccn2)CCCN(C(=O)[C@@H](Cc2c[nH]c3ccccc23)NC(=O)C(C)(C)N)C1. The van der Waals surface area contributed by atoms with Gasteiger partial charge in [0.1, 0.15) is 6.04 Å². The fourth-order valence-electron chi connectivity index (χ4n) is 5.12. The quantitative estimate of drug-likeness (QED) is 0.373. The van der Waals surface area contributed by atoms with Crippen molar-refractivity contribution in [1.29, 1.82) is 0 Å². The third kappa shape index (κ3) is 6.05. The molecule has 0 unspecified atom stereocenters. The number of nitrogens with zero attached hydrogens (tertiary/aromatic N) is 2. The molecule has 2 amide bonds. The zero-order valence-corrected chi connectivity index (χ0v) is 22.3. The number of piperidine rings is 1. The van der Waals surface area contributed by atoms with E-state index in [0.29, 0.717) is 25.8 Å². The summed E-state index contributed by atoms with van der Waals surface area (Å²) >= 11 is 0. The highest BCUT2D eigenvalue weighted by molar-refractivity contribution is 5.93. The molecule has 3 aromatic rings. The minimum atomic E-state index is -1.16. The molecule has 2 aromatic heterocycles. The van der Waals surface area contributed by atoms with Crippen molar-refractivity contribution < 1.29 is 19.1 Å². The third-order valence-corrected chi connectivity index (χ3v) is 7.13. The van der Waals surface area contributed by atoms with Crippen LogP contribution in [0.25, 0.3) is 10.9 Å². The van der Waals surface area contributed by atoms with E-state index >= 15 is 0 Å². The number of fused-ring (bicyclic) bond motifs is 1. The van der Waals surface area contributed by atoms with Gasteiger partial charge in [-0.05, 0) is 57.4 Å². The molecule has 4 N–H and O–H groups in total. The monoisotopic (exact) mass is 519 g/mol. The molecule has 9 heteroatoms. The predicted octanol–water partition coefficient (Wildman–Crippen LogP) is 2.74. The Hall–Kier alpha value is -3.72. The number of carbonyl (C=O) groups excluding carboxylic acids is 3. The number of H-pyrrole nitrogens is 1. The Morgan fingerprint density at radius 1 is 1.21 bits per heavy atom. The van der Waals surface area contributed by atoms with Crippen molar-refractivity contribution in [3.63, 3.8) is 0 Å². The van der Waals surface area contributed by atoms with Crippen molar-refractivity contribution in [1.82, 2.24) is 20.2 Å². The number of benzene rings is 1. The number of aromatic nitrogens is 2. The number of likely N-dealkylation sites (tertiary alicyclic amines) is 1. The maximum Gasteiger partial charge on any atom is 0.314 e. The number of esters is 1. The van der Waals surface area contributed by atoms with Crippen LogP contribution in [0.1, 0.15) is 44.9 Å². The first kappa shape index (κ1) is 27.3. The van der Waals surface area contributed by atoms with Crippen molar-refractivity contribution in [3.8, 4) is 0 Å². The number of nitrogens with one attached hydrogen (secondary N) is 2. The predicted molar refractivity (Wildman–Crippen MR) is 145 cm³/mol. The van der Waals surface area contributed by atoms with E-state index < -0.39 is 22.9 Å². The number of pyridine rings is 1. The summed E-state index contributed by atoms with van der Waals surface area (Å²) in [5.74, 6) is -0.997. The van der Waals surface area contributed by atoms with Gasteiger partial charge in [0, 0.05) is 54.9 Å². The van der Waals surface area contributed by atoms with Crippen LogP contribution in [-0.2, 0) is 32.0 Å². The van der Waals surface area contributed by atoms with Crippen LogP contribution in [0.5, 0.6) is 0 Å².